The van der Waals surface area contributed by atoms with Gasteiger partial charge in [-0.3, -0.25) is 9.59 Å². The Morgan fingerprint density at radius 2 is 2.17 bits per heavy atom. The first-order chi connectivity index (χ1) is 8.56. The highest BCUT2D eigenvalue weighted by atomic mass is 16.2. The second kappa shape index (κ2) is 5.38. The highest BCUT2D eigenvalue weighted by Crippen LogP contribution is 2.32. The van der Waals surface area contributed by atoms with Crippen LogP contribution >= 0.6 is 0 Å². The molecule has 98 valence electrons. The summed E-state index contributed by atoms with van der Waals surface area (Å²) in [4.78, 5) is 23.4. The smallest absolute Gasteiger partial charge is 0.239 e. The lowest BCUT2D eigenvalue weighted by Gasteiger charge is -2.07. The summed E-state index contributed by atoms with van der Waals surface area (Å²) < 4.78 is 1.77. The Morgan fingerprint density at radius 3 is 2.78 bits per heavy atom. The summed E-state index contributed by atoms with van der Waals surface area (Å²) in [7, 11) is 0. The number of rotatable bonds is 6. The molecule has 4 nitrogen and oxygen atoms in total. The highest BCUT2D eigenvalue weighted by Gasteiger charge is 2.30. The van der Waals surface area contributed by atoms with E-state index in [1.807, 2.05) is 0 Å². The molecule has 1 fully saturated rings. The van der Waals surface area contributed by atoms with E-state index in [-0.39, 0.29) is 24.2 Å². The maximum atomic E-state index is 11.8. The Balaban J connectivity index is 1.86. The molecule has 1 N–H and O–H groups in total. The number of hydrogen-bond donors (Lipinski definition) is 1. The minimum absolute atomic E-state index is 0.00952. The largest absolute Gasteiger partial charge is 0.354 e. The lowest BCUT2D eigenvalue weighted by Crippen LogP contribution is -2.30. The molecule has 0 bridgehead atoms. The van der Waals surface area contributed by atoms with Gasteiger partial charge in [0.25, 0.3) is 0 Å². The first kappa shape index (κ1) is 12.9. The molecule has 0 aliphatic heterocycles. The molecule has 1 amide bonds. The van der Waals surface area contributed by atoms with Gasteiger partial charge in [-0.05, 0) is 24.8 Å². The molecule has 2 rings (SSSR count). The van der Waals surface area contributed by atoms with Crippen molar-refractivity contribution in [1.29, 1.82) is 0 Å². The van der Waals surface area contributed by atoms with Crippen LogP contribution in [0.3, 0.4) is 0 Å². The number of hydrogen-bond acceptors (Lipinski definition) is 2. The van der Waals surface area contributed by atoms with Crippen LogP contribution in [0.1, 0.15) is 37.0 Å². The molecule has 0 saturated heterocycles. The quantitative estimate of drug-likeness (QED) is 0.781. The fourth-order valence-corrected chi connectivity index (χ4v) is 1.81. The Bertz CT molecular complexity index is 444. The minimum Gasteiger partial charge on any atom is -0.354 e. The van der Waals surface area contributed by atoms with Crippen molar-refractivity contribution in [2.24, 2.45) is 11.8 Å². The van der Waals surface area contributed by atoms with Crippen LogP contribution in [0.5, 0.6) is 0 Å². The van der Waals surface area contributed by atoms with E-state index < -0.39 is 0 Å². The Hall–Kier alpha value is -1.58. The zero-order valence-electron chi connectivity index (χ0n) is 11.0. The van der Waals surface area contributed by atoms with E-state index >= 15 is 0 Å². The molecule has 1 saturated carbocycles. The number of ketones is 1. The molecule has 18 heavy (non-hydrogen) atoms. The Morgan fingerprint density at radius 1 is 1.44 bits per heavy atom. The van der Waals surface area contributed by atoms with E-state index in [1.54, 1.807) is 23.0 Å². The summed E-state index contributed by atoms with van der Waals surface area (Å²) in [5.74, 6) is 0.891. The molecule has 0 spiro atoms. The molecule has 1 heterocycles. The number of amides is 1. The number of Topliss-reactive ketones (excluding diaryl/α,β-unsaturated/α-hetero) is 1. The van der Waals surface area contributed by atoms with E-state index in [1.165, 1.54) is 0 Å². The summed E-state index contributed by atoms with van der Waals surface area (Å²) in [6.45, 7) is 5.09. The SMILES string of the molecule is CC(C)CNC(=O)Cn1ccc(C(=O)C2CC2)c1. The maximum absolute atomic E-state index is 11.8. The van der Waals surface area contributed by atoms with Crippen LogP contribution < -0.4 is 5.32 Å². The topological polar surface area (TPSA) is 51.1 Å². The normalized spacial score (nSPS) is 14.8. The van der Waals surface area contributed by atoms with Crippen molar-refractivity contribution < 1.29 is 9.59 Å². The molecular weight excluding hydrogens is 228 g/mol. The van der Waals surface area contributed by atoms with Crippen molar-refractivity contribution in [2.75, 3.05) is 6.54 Å². The van der Waals surface area contributed by atoms with Gasteiger partial charge in [0.15, 0.2) is 5.78 Å². The molecule has 1 aliphatic rings. The average Bonchev–Trinajstić information content (AvgIpc) is 3.07. The van der Waals surface area contributed by atoms with Crippen LogP contribution in [0.2, 0.25) is 0 Å². The van der Waals surface area contributed by atoms with E-state index in [4.69, 9.17) is 0 Å². The standard InChI is InChI=1S/C14H20N2O2/c1-10(2)7-15-13(17)9-16-6-5-12(8-16)14(18)11-3-4-11/h5-6,8,10-11H,3-4,7,9H2,1-2H3,(H,15,17). The molecule has 1 aromatic rings. The van der Waals surface area contributed by atoms with Gasteiger partial charge < -0.3 is 9.88 Å². The predicted octanol–water partition coefficient (Wildman–Crippen LogP) is 1.85. The van der Waals surface area contributed by atoms with Gasteiger partial charge in [0.1, 0.15) is 6.54 Å². The minimum atomic E-state index is -0.00952. The van der Waals surface area contributed by atoms with E-state index in [0.717, 1.165) is 18.4 Å². The fraction of sp³-hybridized carbons (Fsp3) is 0.571. The van der Waals surface area contributed by atoms with Gasteiger partial charge in [0.2, 0.25) is 5.91 Å². The van der Waals surface area contributed by atoms with Crippen LogP contribution in [0.15, 0.2) is 18.5 Å². The monoisotopic (exact) mass is 248 g/mol. The summed E-state index contributed by atoms with van der Waals surface area (Å²) in [6.07, 6.45) is 5.60. The third kappa shape index (κ3) is 3.45. The van der Waals surface area contributed by atoms with Crippen molar-refractivity contribution in [2.45, 2.75) is 33.2 Å². The van der Waals surface area contributed by atoms with Crippen LogP contribution in [-0.4, -0.2) is 22.8 Å². The number of nitrogens with zero attached hydrogens (tertiary/aromatic N) is 1. The van der Waals surface area contributed by atoms with Gasteiger partial charge in [-0.1, -0.05) is 13.8 Å². The maximum Gasteiger partial charge on any atom is 0.239 e. The second-order valence-corrected chi connectivity index (χ2v) is 5.41. The molecule has 0 aromatic carbocycles. The molecule has 1 aromatic heterocycles. The Kier molecular flexibility index (Phi) is 3.84. The summed E-state index contributed by atoms with van der Waals surface area (Å²) >= 11 is 0. The molecular formula is C14H20N2O2. The second-order valence-electron chi connectivity index (χ2n) is 5.41. The Labute approximate surface area is 107 Å². The van der Waals surface area contributed by atoms with E-state index in [9.17, 15) is 9.59 Å². The third-order valence-electron chi connectivity index (χ3n) is 3.02. The molecule has 1 aliphatic carbocycles. The van der Waals surface area contributed by atoms with E-state index in [0.29, 0.717) is 12.5 Å². The van der Waals surface area contributed by atoms with Crippen molar-refractivity contribution >= 4 is 11.7 Å². The van der Waals surface area contributed by atoms with Crippen molar-refractivity contribution in [3.05, 3.63) is 24.0 Å². The van der Waals surface area contributed by atoms with Gasteiger partial charge >= 0.3 is 0 Å². The first-order valence-electron chi connectivity index (χ1n) is 6.53. The zero-order valence-corrected chi connectivity index (χ0v) is 11.0. The fourth-order valence-electron chi connectivity index (χ4n) is 1.81. The zero-order chi connectivity index (χ0) is 13.1. The molecule has 0 atom stereocenters. The number of nitrogens with one attached hydrogen (secondary N) is 1. The van der Waals surface area contributed by atoms with Crippen LogP contribution in [-0.2, 0) is 11.3 Å². The highest BCUT2D eigenvalue weighted by molar-refractivity contribution is 5.99. The van der Waals surface area contributed by atoms with Crippen LogP contribution in [0.25, 0.3) is 0 Å². The summed E-state index contributed by atoms with van der Waals surface area (Å²) in [5.41, 5.74) is 0.731. The van der Waals surface area contributed by atoms with Crippen LogP contribution in [0, 0.1) is 11.8 Å². The van der Waals surface area contributed by atoms with Gasteiger partial charge in [0.05, 0.1) is 0 Å². The number of carbonyl (C=O) groups is 2. The van der Waals surface area contributed by atoms with Gasteiger partial charge in [-0.2, -0.15) is 0 Å². The lowest BCUT2D eigenvalue weighted by atomic mass is 10.1. The van der Waals surface area contributed by atoms with Crippen molar-refractivity contribution in [3.63, 3.8) is 0 Å². The van der Waals surface area contributed by atoms with Crippen molar-refractivity contribution in [1.82, 2.24) is 9.88 Å². The average molecular weight is 248 g/mol. The number of carbonyl (C=O) groups excluding carboxylic acids is 2. The summed E-state index contributed by atoms with van der Waals surface area (Å²) in [6, 6.07) is 1.80. The van der Waals surface area contributed by atoms with E-state index in [2.05, 4.69) is 19.2 Å². The third-order valence-corrected chi connectivity index (χ3v) is 3.02. The van der Waals surface area contributed by atoms with Gasteiger partial charge in [-0.15, -0.1) is 0 Å². The van der Waals surface area contributed by atoms with Crippen molar-refractivity contribution in [3.8, 4) is 0 Å². The van der Waals surface area contributed by atoms with Gasteiger partial charge in [-0.25, -0.2) is 0 Å². The van der Waals surface area contributed by atoms with Crippen LogP contribution in [0.4, 0.5) is 0 Å². The molecule has 0 radical (unpaired) electrons. The molecule has 0 unspecified atom stereocenters. The lowest BCUT2D eigenvalue weighted by molar-refractivity contribution is -0.121. The first-order valence-corrected chi connectivity index (χ1v) is 6.53. The predicted molar refractivity (Wildman–Crippen MR) is 69.3 cm³/mol. The number of aromatic nitrogens is 1. The summed E-state index contributed by atoms with van der Waals surface area (Å²) in [5, 5.41) is 2.86. The van der Waals surface area contributed by atoms with Gasteiger partial charge in [0, 0.05) is 30.4 Å². The molecule has 4 heteroatoms.